The van der Waals surface area contributed by atoms with Gasteiger partial charge in [0.1, 0.15) is 10.7 Å². The fraction of sp³-hybridized carbons (Fsp3) is 0. The maximum Gasteiger partial charge on any atom is 0.433 e. The Bertz CT molecular complexity index is 1100. The summed E-state index contributed by atoms with van der Waals surface area (Å²) in [6.45, 7) is 0. The third-order valence-electron chi connectivity index (χ3n) is 3.48. The van der Waals surface area contributed by atoms with Crippen LogP contribution in [0.15, 0.2) is 63.0 Å². The van der Waals surface area contributed by atoms with Crippen molar-refractivity contribution in [3.05, 3.63) is 85.0 Å². The van der Waals surface area contributed by atoms with Crippen molar-refractivity contribution in [3.63, 3.8) is 0 Å². The highest BCUT2D eigenvalue weighted by atomic mass is 32.2. The van der Waals surface area contributed by atoms with Gasteiger partial charge in [0.15, 0.2) is 4.32 Å². The molecule has 0 N–H and O–H groups in total. The average molecular weight is 430 g/mol. The zero-order valence-electron chi connectivity index (χ0n) is 14.3. The topological polar surface area (TPSA) is 132 Å². The van der Waals surface area contributed by atoms with Crippen LogP contribution in [0.25, 0.3) is 6.08 Å². The summed E-state index contributed by atoms with van der Waals surface area (Å²) in [5.74, 6) is -0.588. The predicted octanol–water partition coefficient (Wildman–Crippen LogP) is 3.89. The van der Waals surface area contributed by atoms with Gasteiger partial charge >= 0.3 is 5.88 Å². The second-order valence-corrected chi connectivity index (χ2v) is 7.08. The van der Waals surface area contributed by atoms with Crippen LogP contribution >= 0.6 is 24.0 Å². The number of nitro groups is 2. The van der Waals surface area contributed by atoms with Crippen LogP contribution in [-0.4, -0.2) is 31.3 Å². The van der Waals surface area contributed by atoms with E-state index in [9.17, 15) is 25.0 Å². The summed E-state index contributed by atoms with van der Waals surface area (Å²) in [4.78, 5) is 33.0. The molecule has 1 fully saturated rings. The number of allylic oxidation sites excluding steroid dienone is 2. The molecule has 1 amide bonds. The molecule has 1 saturated heterocycles. The lowest BCUT2D eigenvalue weighted by atomic mass is 10.2. The number of amides is 1. The lowest BCUT2D eigenvalue weighted by Gasteiger charge is -2.05. The van der Waals surface area contributed by atoms with Gasteiger partial charge in [0.05, 0.1) is 22.1 Å². The lowest BCUT2D eigenvalue weighted by Crippen LogP contribution is -2.22. The molecule has 0 unspecified atom stereocenters. The first kappa shape index (κ1) is 20.1. The van der Waals surface area contributed by atoms with Crippen molar-refractivity contribution < 1.29 is 19.1 Å². The molecule has 3 rings (SSSR count). The summed E-state index contributed by atoms with van der Waals surface area (Å²) < 4.78 is 5.18. The molecule has 29 heavy (non-hydrogen) atoms. The van der Waals surface area contributed by atoms with Crippen LogP contribution < -0.4 is 0 Å². The quantitative estimate of drug-likeness (QED) is 0.222. The Hall–Kier alpha value is -3.64. The largest absolute Gasteiger partial charge is 0.433 e. The van der Waals surface area contributed by atoms with Crippen molar-refractivity contribution in [2.24, 2.45) is 5.10 Å². The summed E-state index contributed by atoms with van der Waals surface area (Å²) in [6, 6.07) is 8.43. The molecular formula is C17H10N4O6S2. The van der Waals surface area contributed by atoms with E-state index in [0.29, 0.717) is 10.5 Å². The number of benzene rings is 1. The molecule has 1 aliphatic rings. The molecule has 0 saturated carbocycles. The van der Waals surface area contributed by atoms with Crippen molar-refractivity contribution in [2.45, 2.75) is 0 Å². The van der Waals surface area contributed by atoms with Crippen molar-refractivity contribution >= 4 is 58.1 Å². The fourth-order valence-electron chi connectivity index (χ4n) is 2.18. The van der Waals surface area contributed by atoms with Crippen LogP contribution in [0.3, 0.4) is 0 Å². The monoisotopic (exact) mass is 430 g/mol. The molecule has 0 radical (unpaired) electrons. The molecular weight excluding hydrogens is 420 g/mol. The second kappa shape index (κ2) is 8.58. The Morgan fingerprint density at radius 1 is 1.17 bits per heavy atom. The molecule has 12 heteroatoms. The molecule has 2 aromatic rings. The summed E-state index contributed by atoms with van der Waals surface area (Å²) in [7, 11) is 0. The Morgan fingerprint density at radius 2 is 1.97 bits per heavy atom. The van der Waals surface area contributed by atoms with Gasteiger partial charge in [0.2, 0.25) is 0 Å². The zero-order chi connectivity index (χ0) is 21.0. The van der Waals surface area contributed by atoms with E-state index in [0.717, 1.165) is 16.8 Å². The first-order chi connectivity index (χ1) is 13.8. The van der Waals surface area contributed by atoms with E-state index in [1.165, 1.54) is 54.8 Å². The van der Waals surface area contributed by atoms with Crippen LogP contribution in [0.2, 0.25) is 0 Å². The molecule has 1 aromatic heterocycles. The van der Waals surface area contributed by atoms with Gasteiger partial charge in [-0.1, -0.05) is 30.0 Å². The van der Waals surface area contributed by atoms with Crippen LogP contribution in [0.4, 0.5) is 11.6 Å². The number of hydrazone groups is 1. The molecule has 0 bridgehead atoms. The number of carbonyl (C=O) groups is 1. The Kier molecular flexibility index (Phi) is 5.95. The smallest absolute Gasteiger partial charge is 0.401 e. The van der Waals surface area contributed by atoms with E-state index in [-0.39, 0.29) is 21.7 Å². The van der Waals surface area contributed by atoms with Crippen LogP contribution in [0.1, 0.15) is 11.3 Å². The third kappa shape index (κ3) is 4.80. The van der Waals surface area contributed by atoms with Crippen LogP contribution in [-0.2, 0) is 4.79 Å². The molecule has 146 valence electrons. The normalized spacial score (nSPS) is 15.9. The van der Waals surface area contributed by atoms with Gasteiger partial charge in [-0.3, -0.25) is 25.0 Å². The number of nitrogens with zero attached hydrogens (tertiary/aromatic N) is 4. The highest BCUT2D eigenvalue weighted by molar-refractivity contribution is 8.26. The van der Waals surface area contributed by atoms with Crippen LogP contribution in [0, 0.1) is 20.2 Å². The van der Waals surface area contributed by atoms with Gasteiger partial charge in [0, 0.05) is 17.7 Å². The zero-order valence-corrected chi connectivity index (χ0v) is 16.0. The van der Waals surface area contributed by atoms with E-state index in [2.05, 4.69) is 5.10 Å². The maximum absolute atomic E-state index is 12.4. The SMILES string of the molecule is O=C1/C(=C\C=C\c2ccc([N+](=O)[O-])o2)SC(=S)N1/N=C/c1cccc([N+](=O)[O-])c1. The number of carbonyl (C=O) groups excluding carboxylic acids is 1. The molecule has 1 aliphatic heterocycles. The Balaban J connectivity index is 1.71. The number of nitro benzene ring substituents is 1. The molecule has 1 aromatic carbocycles. The minimum atomic E-state index is -0.651. The summed E-state index contributed by atoms with van der Waals surface area (Å²) in [5, 5.41) is 26.4. The minimum absolute atomic E-state index is 0.0949. The average Bonchev–Trinajstić information content (AvgIpc) is 3.26. The summed E-state index contributed by atoms with van der Waals surface area (Å²) in [5.41, 5.74) is 0.346. The number of hydrogen-bond donors (Lipinski definition) is 0. The van der Waals surface area contributed by atoms with Gasteiger partial charge < -0.3 is 4.42 Å². The van der Waals surface area contributed by atoms with E-state index < -0.39 is 15.8 Å². The highest BCUT2D eigenvalue weighted by Crippen LogP contribution is 2.31. The Morgan fingerprint density at radius 3 is 2.66 bits per heavy atom. The minimum Gasteiger partial charge on any atom is -0.401 e. The van der Waals surface area contributed by atoms with Gasteiger partial charge in [-0.2, -0.15) is 10.1 Å². The third-order valence-corrected chi connectivity index (χ3v) is 4.78. The van der Waals surface area contributed by atoms with Crippen molar-refractivity contribution in [1.82, 2.24) is 5.01 Å². The first-order valence-electron chi connectivity index (χ1n) is 7.82. The predicted molar refractivity (Wildman–Crippen MR) is 110 cm³/mol. The molecule has 2 heterocycles. The maximum atomic E-state index is 12.4. The van der Waals surface area contributed by atoms with Gasteiger partial charge in [-0.05, 0) is 30.4 Å². The first-order valence-corrected chi connectivity index (χ1v) is 9.05. The fourth-order valence-corrected chi connectivity index (χ4v) is 3.30. The number of furan rings is 1. The number of rotatable bonds is 6. The van der Waals surface area contributed by atoms with Crippen LogP contribution in [0.5, 0.6) is 0 Å². The molecule has 0 aliphatic carbocycles. The summed E-state index contributed by atoms with van der Waals surface area (Å²) >= 11 is 6.17. The van der Waals surface area contributed by atoms with E-state index >= 15 is 0 Å². The molecule has 0 spiro atoms. The molecule has 10 nitrogen and oxygen atoms in total. The molecule has 0 atom stereocenters. The van der Waals surface area contributed by atoms with E-state index in [4.69, 9.17) is 16.6 Å². The lowest BCUT2D eigenvalue weighted by molar-refractivity contribution is -0.402. The highest BCUT2D eigenvalue weighted by Gasteiger charge is 2.31. The number of thioether (sulfide) groups is 1. The van der Waals surface area contributed by atoms with Gasteiger partial charge in [0.25, 0.3) is 11.6 Å². The van der Waals surface area contributed by atoms with E-state index in [1.54, 1.807) is 6.07 Å². The van der Waals surface area contributed by atoms with Gasteiger partial charge in [-0.15, -0.1) is 0 Å². The van der Waals surface area contributed by atoms with Crippen molar-refractivity contribution in [2.75, 3.05) is 0 Å². The Labute approximate surface area is 172 Å². The number of hydrogen-bond acceptors (Lipinski definition) is 9. The van der Waals surface area contributed by atoms with Gasteiger partial charge in [-0.25, -0.2) is 0 Å². The number of thiocarbonyl (C=S) groups is 1. The second-order valence-electron chi connectivity index (χ2n) is 5.40. The number of non-ortho nitro benzene ring substituents is 1. The standard InChI is InChI=1S/C17H10N4O6S2/c22-16-14(6-2-5-13-7-8-15(27-13)21(25)26)29-17(28)19(16)18-10-11-3-1-4-12(9-11)20(23)24/h1-10H/b5-2+,14-6+,18-10+. The summed E-state index contributed by atoms with van der Waals surface area (Å²) in [6.07, 6.45) is 5.75. The van der Waals surface area contributed by atoms with E-state index in [1.807, 2.05) is 0 Å². The van der Waals surface area contributed by atoms with Crippen molar-refractivity contribution in [1.29, 1.82) is 0 Å². The van der Waals surface area contributed by atoms with Crippen molar-refractivity contribution in [3.8, 4) is 0 Å².